The van der Waals surface area contributed by atoms with Gasteiger partial charge in [-0.1, -0.05) is 157 Å². The first kappa shape index (κ1) is 56.8. The first-order chi connectivity index (χ1) is 29.1. The Morgan fingerprint density at radius 2 is 0.933 bits per heavy atom. The number of esters is 2. The maximum Gasteiger partial charge on any atom is 0.306 e. The Morgan fingerprint density at radius 1 is 0.517 bits per heavy atom. The van der Waals surface area contributed by atoms with Crippen LogP contribution in [-0.2, 0) is 28.6 Å². The van der Waals surface area contributed by atoms with E-state index in [2.05, 4.69) is 86.8 Å². The van der Waals surface area contributed by atoms with Crippen LogP contribution >= 0.6 is 0 Å². The summed E-state index contributed by atoms with van der Waals surface area (Å²) < 4.78 is 17.2. The third kappa shape index (κ3) is 40.2. The van der Waals surface area contributed by atoms with Gasteiger partial charge in [-0.15, -0.1) is 0 Å². The maximum absolute atomic E-state index is 12.7. The van der Waals surface area contributed by atoms with Gasteiger partial charge in [-0.05, 0) is 83.5 Å². The molecule has 60 heavy (non-hydrogen) atoms. The van der Waals surface area contributed by atoms with Crippen molar-refractivity contribution in [2.75, 3.05) is 41.0 Å². The van der Waals surface area contributed by atoms with Crippen molar-refractivity contribution < 1.29 is 38.2 Å². The van der Waals surface area contributed by atoms with E-state index in [1.54, 1.807) is 21.1 Å². The SMILES string of the molecule is CC/C=C/C/C=C/C/C=C/C/C=C/C/C=C/CCCCCCCCCC(=O)OCC(COCCC(C(=O)[O-])[N+](C)(C)C)OC(=O)CCCCC/C=C/CCCCCCCC. The Morgan fingerprint density at radius 3 is 1.42 bits per heavy atom. The van der Waals surface area contributed by atoms with E-state index in [9.17, 15) is 19.5 Å². The zero-order chi connectivity index (χ0) is 44.2. The molecule has 0 fully saturated rings. The molecule has 0 spiro atoms. The first-order valence-electron chi connectivity index (χ1n) is 24.0. The van der Waals surface area contributed by atoms with E-state index < -0.39 is 18.1 Å². The number of allylic oxidation sites excluding steroid dienone is 12. The molecule has 0 saturated heterocycles. The predicted octanol–water partition coefficient (Wildman–Crippen LogP) is 12.2. The molecule has 0 bridgehead atoms. The number of quaternary nitrogens is 1. The molecule has 8 nitrogen and oxygen atoms in total. The molecule has 0 aromatic carbocycles. The quantitative estimate of drug-likeness (QED) is 0.0261. The molecule has 0 aromatic heterocycles. The summed E-state index contributed by atoms with van der Waals surface area (Å²) in [7, 11) is 5.40. The number of hydrogen-bond acceptors (Lipinski definition) is 7. The average molecular weight is 840 g/mol. The van der Waals surface area contributed by atoms with Gasteiger partial charge < -0.3 is 28.6 Å². The van der Waals surface area contributed by atoms with Gasteiger partial charge in [-0.2, -0.15) is 0 Å². The molecule has 0 N–H and O–H groups in total. The summed E-state index contributed by atoms with van der Waals surface area (Å²) in [4.78, 5) is 36.9. The fraction of sp³-hybridized carbons (Fsp3) is 0.712. The molecule has 2 atom stereocenters. The Balaban J connectivity index is 4.29. The lowest BCUT2D eigenvalue weighted by molar-refractivity contribution is -0.889. The Bertz CT molecular complexity index is 1210. The molecular formula is C52H89NO7. The third-order valence-electron chi connectivity index (χ3n) is 10.3. The van der Waals surface area contributed by atoms with Crippen molar-refractivity contribution in [3.8, 4) is 0 Å². The van der Waals surface area contributed by atoms with E-state index in [1.165, 1.54) is 64.2 Å². The van der Waals surface area contributed by atoms with Crippen molar-refractivity contribution in [2.45, 2.75) is 199 Å². The number of ether oxygens (including phenoxy) is 3. The topological polar surface area (TPSA) is 102 Å². The lowest BCUT2D eigenvalue weighted by Gasteiger charge is -2.34. The number of carboxylic acids is 1. The lowest BCUT2D eigenvalue weighted by atomic mass is 10.1. The fourth-order valence-electron chi connectivity index (χ4n) is 6.62. The zero-order valence-electron chi connectivity index (χ0n) is 39.1. The highest BCUT2D eigenvalue weighted by molar-refractivity contribution is 5.70. The van der Waals surface area contributed by atoms with Gasteiger partial charge in [0.15, 0.2) is 6.10 Å². The Hall–Kier alpha value is -3.23. The van der Waals surface area contributed by atoms with Crippen LogP contribution in [0.25, 0.3) is 0 Å². The van der Waals surface area contributed by atoms with Gasteiger partial charge in [-0.3, -0.25) is 9.59 Å². The summed E-state index contributed by atoms with van der Waals surface area (Å²) in [5.41, 5.74) is 0. The maximum atomic E-state index is 12.7. The number of unbranched alkanes of at least 4 members (excludes halogenated alkanes) is 16. The van der Waals surface area contributed by atoms with Gasteiger partial charge in [0.1, 0.15) is 12.6 Å². The van der Waals surface area contributed by atoms with Crippen molar-refractivity contribution in [1.29, 1.82) is 0 Å². The molecule has 0 aromatic rings. The van der Waals surface area contributed by atoms with Crippen LogP contribution in [0, 0.1) is 0 Å². The molecule has 8 heteroatoms. The van der Waals surface area contributed by atoms with Gasteiger partial charge in [-0.25, -0.2) is 0 Å². The summed E-state index contributed by atoms with van der Waals surface area (Å²) in [5.74, 6) is -1.77. The Kier molecular flexibility index (Phi) is 40.2. The van der Waals surface area contributed by atoms with Crippen molar-refractivity contribution >= 4 is 17.9 Å². The van der Waals surface area contributed by atoms with Gasteiger partial charge in [0.05, 0.1) is 40.3 Å². The van der Waals surface area contributed by atoms with Gasteiger partial charge >= 0.3 is 11.9 Å². The van der Waals surface area contributed by atoms with Crippen molar-refractivity contribution in [3.05, 3.63) is 72.9 Å². The normalized spacial score (nSPS) is 13.6. The molecule has 0 rings (SSSR count). The van der Waals surface area contributed by atoms with Crippen LogP contribution in [-0.4, -0.2) is 75.5 Å². The minimum atomic E-state index is -1.13. The number of likely N-dealkylation sites (N-methyl/N-ethyl adjacent to an activating group) is 1. The van der Waals surface area contributed by atoms with Crippen LogP contribution in [0.4, 0.5) is 0 Å². The highest BCUT2D eigenvalue weighted by Crippen LogP contribution is 2.13. The molecule has 0 aliphatic rings. The number of aliphatic carboxylic acids is 1. The summed E-state index contributed by atoms with van der Waals surface area (Å²) in [6, 6.07) is -0.733. The van der Waals surface area contributed by atoms with Crippen LogP contribution in [0.15, 0.2) is 72.9 Å². The van der Waals surface area contributed by atoms with Crippen molar-refractivity contribution in [3.63, 3.8) is 0 Å². The highest BCUT2D eigenvalue weighted by atomic mass is 16.6. The molecule has 2 unspecified atom stereocenters. The summed E-state index contributed by atoms with van der Waals surface area (Å²) in [5, 5.41) is 11.6. The number of carboxylic acid groups (broad SMARTS) is 1. The monoisotopic (exact) mass is 840 g/mol. The second-order valence-electron chi connectivity index (χ2n) is 17.0. The van der Waals surface area contributed by atoms with Crippen molar-refractivity contribution in [2.24, 2.45) is 0 Å². The number of rotatable bonds is 42. The van der Waals surface area contributed by atoms with E-state index in [0.29, 0.717) is 12.8 Å². The van der Waals surface area contributed by atoms with E-state index in [0.717, 1.165) is 89.9 Å². The largest absolute Gasteiger partial charge is 0.544 e. The van der Waals surface area contributed by atoms with Crippen LogP contribution in [0.1, 0.15) is 187 Å². The standard InChI is InChI=1S/C52H89NO7/c1-6-8-10-12-14-16-18-20-21-22-23-24-25-26-27-28-29-31-32-34-36-38-40-42-50(54)59-47-48(46-58-45-44-49(52(56)57)53(3,4)5)60-51(55)43-41-39-37-35-33-30-19-17-15-13-11-9-7-2/h8,10,14,16,20-21,23-24,26-27,30,33,48-49H,6-7,9,11-13,15,17-19,22,25,28-29,31-32,34-47H2,1-5H3/b10-8+,16-14+,21-20+,24-23+,27-26+,33-30+. The number of nitrogens with zero attached hydrogens (tertiary/aromatic N) is 1. The molecule has 0 saturated carbocycles. The smallest absolute Gasteiger partial charge is 0.306 e. The lowest BCUT2D eigenvalue weighted by Crippen LogP contribution is -2.55. The number of carbonyl (C=O) groups is 3. The van der Waals surface area contributed by atoms with Crippen LogP contribution in [0.3, 0.4) is 0 Å². The van der Waals surface area contributed by atoms with E-state index in [-0.39, 0.29) is 42.7 Å². The van der Waals surface area contributed by atoms with Gasteiger partial charge in [0.2, 0.25) is 0 Å². The first-order valence-corrected chi connectivity index (χ1v) is 24.0. The minimum Gasteiger partial charge on any atom is -0.544 e. The third-order valence-corrected chi connectivity index (χ3v) is 10.3. The number of hydrogen-bond donors (Lipinski definition) is 0. The number of carbonyl (C=O) groups excluding carboxylic acids is 3. The average Bonchev–Trinajstić information content (AvgIpc) is 3.21. The van der Waals surface area contributed by atoms with Crippen LogP contribution < -0.4 is 5.11 Å². The molecule has 0 radical (unpaired) electrons. The zero-order valence-corrected chi connectivity index (χ0v) is 39.1. The van der Waals surface area contributed by atoms with Gasteiger partial charge in [0, 0.05) is 19.3 Å². The van der Waals surface area contributed by atoms with Crippen LogP contribution in [0.2, 0.25) is 0 Å². The molecule has 0 aliphatic carbocycles. The van der Waals surface area contributed by atoms with E-state index in [1.807, 2.05) is 0 Å². The summed E-state index contributed by atoms with van der Waals surface area (Å²) in [6.07, 6.45) is 53.6. The summed E-state index contributed by atoms with van der Waals surface area (Å²) >= 11 is 0. The minimum absolute atomic E-state index is 0.0282. The second-order valence-corrected chi connectivity index (χ2v) is 17.0. The fourth-order valence-corrected chi connectivity index (χ4v) is 6.62. The summed E-state index contributed by atoms with van der Waals surface area (Å²) in [6.45, 7) is 4.51. The highest BCUT2D eigenvalue weighted by Gasteiger charge is 2.25. The molecule has 0 aliphatic heterocycles. The van der Waals surface area contributed by atoms with E-state index in [4.69, 9.17) is 14.2 Å². The van der Waals surface area contributed by atoms with E-state index >= 15 is 0 Å². The van der Waals surface area contributed by atoms with Gasteiger partial charge in [0.25, 0.3) is 0 Å². The van der Waals surface area contributed by atoms with Crippen molar-refractivity contribution in [1.82, 2.24) is 0 Å². The molecule has 0 heterocycles. The predicted molar refractivity (Wildman–Crippen MR) is 249 cm³/mol. The molecule has 0 amide bonds. The Labute approximate surface area is 368 Å². The molecular weight excluding hydrogens is 751 g/mol. The second kappa shape index (κ2) is 42.5. The molecule has 344 valence electrons. The van der Waals surface area contributed by atoms with Crippen LogP contribution in [0.5, 0.6) is 0 Å².